The van der Waals surface area contributed by atoms with Crippen LogP contribution in [0, 0.1) is 18.8 Å². The number of hydrogen-bond donors (Lipinski definition) is 2. The first-order valence-electron chi connectivity index (χ1n) is 7.57. The minimum Gasteiger partial charge on any atom is -0.354 e. The fraction of sp³-hybridized carbons (Fsp3) is 0.500. The normalized spacial score (nSPS) is 16.7. The third kappa shape index (κ3) is 2.78. The van der Waals surface area contributed by atoms with Gasteiger partial charge in [0.2, 0.25) is 5.91 Å². The number of amides is 1. The van der Waals surface area contributed by atoms with E-state index in [1.54, 1.807) is 0 Å². The molecule has 1 fully saturated rings. The van der Waals surface area contributed by atoms with Gasteiger partial charge in [0.05, 0.1) is 11.0 Å². The monoisotopic (exact) mass is 286 g/mol. The first-order valence-corrected chi connectivity index (χ1v) is 7.57. The van der Waals surface area contributed by atoms with Crippen molar-refractivity contribution in [1.82, 2.24) is 20.2 Å². The highest BCUT2D eigenvalue weighted by molar-refractivity contribution is 5.79. The quantitative estimate of drug-likeness (QED) is 0.871. The standard InChI is InChI=1S/C16H22N4O/c1-11(13-9-17-10-13)16(21)18-7-8-20-12(2)19-14-5-3-4-6-15(14)20/h3-6,11,13,17H,7-10H2,1-2H3,(H,18,21). The van der Waals surface area contributed by atoms with Gasteiger partial charge in [0.15, 0.2) is 0 Å². The molecule has 1 atom stereocenters. The van der Waals surface area contributed by atoms with Crippen molar-refractivity contribution in [3.8, 4) is 0 Å². The van der Waals surface area contributed by atoms with E-state index in [0.29, 0.717) is 12.5 Å². The van der Waals surface area contributed by atoms with Crippen LogP contribution in [0.5, 0.6) is 0 Å². The van der Waals surface area contributed by atoms with Gasteiger partial charge in [-0.05, 0) is 38.1 Å². The highest BCUT2D eigenvalue weighted by atomic mass is 16.1. The van der Waals surface area contributed by atoms with Gasteiger partial charge in [-0.1, -0.05) is 19.1 Å². The Labute approximate surface area is 124 Å². The second kappa shape index (κ2) is 5.85. The van der Waals surface area contributed by atoms with E-state index < -0.39 is 0 Å². The van der Waals surface area contributed by atoms with E-state index in [4.69, 9.17) is 0 Å². The number of aryl methyl sites for hydroxylation is 1. The van der Waals surface area contributed by atoms with Crippen LogP contribution in [-0.4, -0.2) is 35.1 Å². The predicted octanol–water partition coefficient (Wildman–Crippen LogP) is 1.32. The Morgan fingerprint density at radius 1 is 1.48 bits per heavy atom. The van der Waals surface area contributed by atoms with E-state index in [-0.39, 0.29) is 11.8 Å². The van der Waals surface area contributed by atoms with Crippen LogP contribution in [0.4, 0.5) is 0 Å². The Bertz CT molecular complexity index is 645. The van der Waals surface area contributed by atoms with Crippen molar-refractivity contribution in [3.05, 3.63) is 30.1 Å². The number of aromatic nitrogens is 2. The Kier molecular flexibility index (Phi) is 3.92. The number of fused-ring (bicyclic) bond motifs is 1. The molecule has 2 aromatic rings. The van der Waals surface area contributed by atoms with E-state index >= 15 is 0 Å². The van der Waals surface area contributed by atoms with E-state index in [2.05, 4.69) is 26.3 Å². The number of rotatable bonds is 5. The Morgan fingerprint density at radius 2 is 2.24 bits per heavy atom. The first-order chi connectivity index (χ1) is 10.2. The number of carbonyl (C=O) groups is 1. The lowest BCUT2D eigenvalue weighted by Gasteiger charge is -2.31. The molecule has 1 aromatic heterocycles. The van der Waals surface area contributed by atoms with Gasteiger partial charge in [0, 0.05) is 19.0 Å². The van der Waals surface area contributed by atoms with E-state index in [1.165, 1.54) is 0 Å². The van der Waals surface area contributed by atoms with Crippen molar-refractivity contribution in [1.29, 1.82) is 0 Å². The summed E-state index contributed by atoms with van der Waals surface area (Å²) in [6.07, 6.45) is 0. The maximum Gasteiger partial charge on any atom is 0.223 e. The Balaban J connectivity index is 1.59. The number of para-hydroxylation sites is 2. The molecule has 2 N–H and O–H groups in total. The van der Waals surface area contributed by atoms with E-state index in [0.717, 1.165) is 36.5 Å². The van der Waals surface area contributed by atoms with Crippen molar-refractivity contribution >= 4 is 16.9 Å². The molecule has 0 radical (unpaired) electrons. The van der Waals surface area contributed by atoms with Crippen molar-refractivity contribution in [2.75, 3.05) is 19.6 Å². The molecular weight excluding hydrogens is 264 g/mol. The molecule has 21 heavy (non-hydrogen) atoms. The SMILES string of the molecule is Cc1nc2ccccc2n1CCNC(=O)C(C)C1CNC1. The molecule has 2 heterocycles. The van der Waals surface area contributed by atoms with Crippen LogP contribution in [0.15, 0.2) is 24.3 Å². The fourth-order valence-corrected chi connectivity index (χ4v) is 2.81. The average molecular weight is 286 g/mol. The molecule has 0 aliphatic carbocycles. The lowest BCUT2D eigenvalue weighted by Crippen LogP contribution is -2.49. The molecule has 1 aliphatic rings. The zero-order chi connectivity index (χ0) is 14.8. The Hall–Kier alpha value is -1.88. The van der Waals surface area contributed by atoms with Crippen molar-refractivity contribution in [2.24, 2.45) is 11.8 Å². The summed E-state index contributed by atoms with van der Waals surface area (Å²) in [5.41, 5.74) is 2.13. The summed E-state index contributed by atoms with van der Waals surface area (Å²) in [7, 11) is 0. The van der Waals surface area contributed by atoms with Crippen molar-refractivity contribution < 1.29 is 4.79 Å². The van der Waals surface area contributed by atoms with E-state index in [1.807, 2.05) is 32.0 Å². The molecule has 1 amide bonds. The molecule has 5 heteroatoms. The van der Waals surface area contributed by atoms with Crippen molar-refractivity contribution in [3.63, 3.8) is 0 Å². The van der Waals surface area contributed by atoms with Gasteiger partial charge in [-0.25, -0.2) is 4.98 Å². The number of nitrogens with zero attached hydrogens (tertiary/aromatic N) is 2. The first kappa shape index (κ1) is 14.1. The summed E-state index contributed by atoms with van der Waals surface area (Å²) >= 11 is 0. The van der Waals surface area contributed by atoms with Crippen LogP contribution in [0.25, 0.3) is 11.0 Å². The summed E-state index contributed by atoms with van der Waals surface area (Å²) in [6, 6.07) is 8.10. The zero-order valence-electron chi connectivity index (χ0n) is 12.6. The van der Waals surface area contributed by atoms with Gasteiger partial charge in [0.25, 0.3) is 0 Å². The summed E-state index contributed by atoms with van der Waals surface area (Å²) < 4.78 is 2.16. The molecule has 1 aromatic carbocycles. The topological polar surface area (TPSA) is 59.0 Å². The maximum atomic E-state index is 12.1. The molecule has 0 spiro atoms. The minimum absolute atomic E-state index is 0.0897. The zero-order valence-corrected chi connectivity index (χ0v) is 12.6. The Morgan fingerprint density at radius 3 is 2.95 bits per heavy atom. The van der Waals surface area contributed by atoms with Crippen molar-refractivity contribution in [2.45, 2.75) is 20.4 Å². The van der Waals surface area contributed by atoms with Gasteiger partial charge in [-0.3, -0.25) is 4.79 Å². The maximum absolute atomic E-state index is 12.1. The smallest absolute Gasteiger partial charge is 0.223 e. The second-order valence-corrected chi connectivity index (χ2v) is 5.80. The van der Waals surface area contributed by atoms with Crippen LogP contribution in [0.1, 0.15) is 12.7 Å². The molecular formula is C16H22N4O. The van der Waals surface area contributed by atoms with Gasteiger partial charge in [-0.15, -0.1) is 0 Å². The van der Waals surface area contributed by atoms with Crippen LogP contribution >= 0.6 is 0 Å². The highest BCUT2D eigenvalue weighted by Crippen LogP contribution is 2.16. The van der Waals surface area contributed by atoms with Crippen LogP contribution in [0.3, 0.4) is 0 Å². The average Bonchev–Trinajstić information content (AvgIpc) is 2.73. The summed E-state index contributed by atoms with van der Waals surface area (Å²) in [5.74, 6) is 1.72. The predicted molar refractivity (Wildman–Crippen MR) is 83.0 cm³/mol. The number of hydrogen-bond acceptors (Lipinski definition) is 3. The van der Waals surface area contributed by atoms with Gasteiger partial charge >= 0.3 is 0 Å². The summed E-state index contributed by atoms with van der Waals surface area (Å²) in [5, 5.41) is 6.26. The molecule has 1 saturated heterocycles. The van der Waals surface area contributed by atoms with Crippen LogP contribution in [0.2, 0.25) is 0 Å². The summed E-state index contributed by atoms with van der Waals surface area (Å²) in [6.45, 7) is 7.33. The molecule has 0 saturated carbocycles. The highest BCUT2D eigenvalue weighted by Gasteiger charge is 2.28. The third-order valence-corrected chi connectivity index (χ3v) is 4.41. The van der Waals surface area contributed by atoms with E-state index in [9.17, 15) is 4.79 Å². The molecule has 3 rings (SSSR count). The lowest BCUT2D eigenvalue weighted by atomic mass is 9.88. The summed E-state index contributed by atoms with van der Waals surface area (Å²) in [4.78, 5) is 16.6. The van der Waals surface area contributed by atoms with Crippen LogP contribution < -0.4 is 10.6 Å². The minimum atomic E-state index is 0.0897. The number of nitrogens with one attached hydrogen (secondary N) is 2. The molecule has 1 aliphatic heterocycles. The molecule has 1 unspecified atom stereocenters. The number of carbonyl (C=O) groups excluding carboxylic acids is 1. The lowest BCUT2D eigenvalue weighted by molar-refractivity contribution is -0.126. The second-order valence-electron chi connectivity index (χ2n) is 5.80. The largest absolute Gasteiger partial charge is 0.354 e. The number of benzene rings is 1. The van der Waals surface area contributed by atoms with Crippen LogP contribution in [-0.2, 0) is 11.3 Å². The molecule has 5 nitrogen and oxygen atoms in total. The van der Waals surface area contributed by atoms with Gasteiger partial charge in [0.1, 0.15) is 5.82 Å². The fourth-order valence-electron chi connectivity index (χ4n) is 2.81. The van der Waals surface area contributed by atoms with Gasteiger partial charge < -0.3 is 15.2 Å². The third-order valence-electron chi connectivity index (χ3n) is 4.41. The molecule has 112 valence electrons. The van der Waals surface area contributed by atoms with Gasteiger partial charge in [-0.2, -0.15) is 0 Å². The number of imidazole rings is 1. The molecule has 0 bridgehead atoms.